The molecule has 2 heteroatoms. The van der Waals surface area contributed by atoms with E-state index < -0.39 is 0 Å². The summed E-state index contributed by atoms with van der Waals surface area (Å²) in [6.45, 7) is 6.44. The Morgan fingerprint density at radius 2 is 1.69 bits per heavy atom. The van der Waals surface area contributed by atoms with Crippen molar-refractivity contribution in [3.05, 3.63) is 35.9 Å². The molecule has 0 bridgehead atoms. The zero-order valence-corrected chi connectivity index (χ0v) is 9.43. The molecule has 0 aliphatic heterocycles. The average molecular weight is 213 g/mol. The summed E-state index contributed by atoms with van der Waals surface area (Å²) in [5.41, 5.74) is 1.27. The van der Waals surface area contributed by atoms with Gasteiger partial charge in [0.1, 0.15) is 0 Å². The second kappa shape index (κ2) is 5.34. The van der Waals surface area contributed by atoms with Gasteiger partial charge in [0.05, 0.1) is 0 Å². The van der Waals surface area contributed by atoms with E-state index in [1.807, 2.05) is 6.07 Å². The van der Waals surface area contributed by atoms with Gasteiger partial charge in [0.25, 0.3) is 0 Å². The van der Waals surface area contributed by atoms with E-state index in [-0.39, 0.29) is 0 Å². The molecule has 0 atom stereocenters. The molecule has 1 aromatic rings. The van der Waals surface area contributed by atoms with Crippen LogP contribution in [0.5, 0.6) is 0 Å². The van der Waals surface area contributed by atoms with Crippen LogP contribution in [-0.2, 0) is 15.9 Å². The van der Waals surface area contributed by atoms with Gasteiger partial charge in [-0.3, -0.25) is 0 Å². The molecule has 0 aliphatic carbocycles. The fraction of sp³-hybridized carbons (Fsp3) is 0.364. The van der Waals surface area contributed by atoms with Crippen molar-refractivity contribution in [1.82, 2.24) is 4.90 Å². The summed E-state index contributed by atoms with van der Waals surface area (Å²) in [6.07, 6.45) is 0. The summed E-state index contributed by atoms with van der Waals surface area (Å²) < 4.78 is 1.24. The van der Waals surface area contributed by atoms with Crippen molar-refractivity contribution < 1.29 is 15.9 Å². The van der Waals surface area contributed by atoms with Gasteiger partial charge in [0.2, 0.25) is 0 Å². The Hall–Kier alpha value is -0.418. The van der Waals surface area contributed by atoms with E-state index in [0.29, 0.717) is 0 Å². The van der Waals surface area contributed by atoms with Crippen molar-refractivity contribution in [3.8, 4) is 0 Å². The van der Waals surface area contributed by atoms with Crippen LogP contribution in [0.4, 0.5) is 0 Å². The predicted molar refractivity (Wildman–Crippen MR) is 53.5 cm³/mol. The first-order chi connectivity index (χ1) is 6.29. The topological polar surface area (TPSA) is 3.24 Å². The first-order valence-corrected chi connectivity index (χ1v) is 5.27. The van der Waals surface area contributed by atoms with Crippen molar-refractivity contribution in [2.45, 2.75) is 13.8 Å². The van der Waals surface area contributed by atoms with E-state index in [1.54, 1.807) is 0 Å². The molecule has 0 unspecified atom stereocenters. The van der Waals surface area contributed by atoms with E-state index in [4.69, 9.17) is 0 Å². The minimum atomic E-state index is 1.05. The van der Waals surface area contributed by atoms with E-state index >= 15 is 0 Å². The van der Waals surface area contributed by atoms with Crippen LogP contribution in [0, 0.1) is 0 Å². The molecule has 0 radical (unpaired) electrons. The molecule has 0 aromatic heterocycles. The molecule has 1 nitrogen and oxygen atoms in total. The molecule has 1 aromatic carbocycles. The Balaban J connectivity index is 2.78. The van der Waals surface area contributed by atoms with Gasteiger partial charge in [-0.15, -0.1) is 0 Å². The number of hydrogen-bond acceptors (Lipinski definition) is 1. The van der Waals surface area contributed by atoms with E-state index in [2.05, 4.69) is 58.9 Å². The number of rotatable bonds is 4. The van der Waals surface area contributed by atoms with Crippen LogP contribution in [0.15, 0.2) is 30.3 Å². The van der Waals surface area contributed by atoms with Crippen molar-refractivity contribution in [2.24, 2.45) is 0 Å². The van der Waals surface area contributed by atoms with E-state index in [1.165, 1.54) is 10.1 Å². The number of hydrogen-bond donors (Lipinski definition) is 0. The zero-order valence-electron chi connectivity index (χ0n) is 8.16. The molecule has 70 valence electrons. The standard InChI is InChI=1S/C11H15N.Cr/c1-3-12(4-2)10-11-8-6-5-7-9-11;/h5-9H,3-4H2,1-2H3;. The van der Waals surface area contributed by atoms with Gasteiger partial charge in [0, 0.05) is 0 Å². The van der Waals surface area contributed by atoms with E-state index in [9.17, 15) is 0 Å². The third kappa shape index (κ3) is 2.77. The molecule has 0 spiro atoms. The third-order valence-electron chi connectivity index (χ3n) is 2.07. The summed E-state index contributed by atoms with van der Waals surface area (Å²) in [7, 11) is 0. The quantitative estimate of drug-likeness (QED) is 0.740. The summed E-state index contributed by atoms with van der Waals surface area (Å²) in [5.74, 6) is 0. The van der Waals surface area contributed by atoms with Gasteiger partial charge in [0.15, 0.2) is 0 Å². The molecule has 0 fully saturated rings. The second-order valence-corrected chi connectivity index (χ2v) is 3.45. The van der Waals surface area contributed by atoms with Crippen LogP contribution in [0.25, 0.3) is 0 Å². The van der Waals surface area contributed by atoms with Crippen LogP contribution >= 0.6 is 0 Å². The monoisotopic (exact) mass is 213 g/mol. The van der Waals surface area contributed by atoms with Crippen LogP contribution in [0.2, 0.25) is 0 Å². The van der Waals surface area contributed by atoms with Crippen LogP contribution in [0.3, 0.4) is 0 Å². The fourth-order valence-electron chi connectivity index (χ4n) is 1.27. The first-order valence-electron chi connectivity index (χ1n) is 4.64. The molecule has 0 saturated heterocycles. The van der Waals surface area contributed by atoms with Gasteiger partial charge >= 0.3 is 88.1 Å². The summed E-state index contributed by atoms with van der Waals surface area (Å²) in [4.78, 5) is 2.31. The minimum absolute atomic E-state index is 1.05. The third-order valence-corrected chi connectivity index (χ3v) is 2.84. The maximum atomic E-state index is 3.14. The fourth-order valence-corrected chi connectivity index (χ4v) is 1.89. The van der Waals surface area contributed by atoms with Gasteiger partial charge in [-0.25, -0.2) is 0 Å². The van der Waals surface area contributed by atoms with Gasteiger partial charge in [-0.05, 0) is 0 Å². The average Bonchev–Trinajstić information content (AvgIpc) is 2.21. The Kier molecular flexibility index (Phi) is 4.38. The molecule has 13 heavy (non-hydrogen) atoms. The van der Waals surface area contributed by atoms with Gasteiger partial charge in [-0.1, -0.05) is 0 Å². The first kappa shape index (κ1) is 10.7. The van der Waals surface area contributed by atoms with Crippen molar-refractivity contribution in [3.63, 3.8) is 0 Å². The van der Waals surface area contributed by atoms with Crippen LogP contribution in [-0.4, -0.2) is 22.5 Å². The Labute approximate surface area is 88.3 Å². The van der Waals surface area contributed by atoms with Gasteiger partial charge < -0.3 is 0 Å². The number of nitrogens with zero attached hydrogens (tertiary/aromatic N) is 1. The van der Waals surface area contributed by atoms with Crippen molar-refractivity contribution >= 4 is 4.50 Å². The molecule has 1 rings (SSSR count). The molecule has 0 aliphatic rings. The summed E-state index contributed by atoms with van der Waals surface area (Å²) >= 11 is 3.14. The SMILES string of the molecule is CCN(CC)[C](=[Cr])c1ccccc1. The molecular formula is C11H15CrN. The summed E-state index contributed by atoms with van der Waals surface area (Å²) in [6, 6.07) is 10.4. The van der Waals surface area contributed by atoms with E-state index in [0.717, 1.165) is 13.1 Å². The Morgan fingerprint density at radius 3 is 2.15 bits per heavy atom. The van der Waals surface area contributed by atoms with Gasteiger partial charge in [-0.2, -0.15) is 0 Å². The second-order valence-electron chi connectivity index (χ2n) is 2.84. The Bertz CT molecular complexity index is 265. The zero-order chi connectivity index (χ0) is 9.68. The molecule has 0 amide bonds. The molecule has 0 N–H and O–H groups in total. The molecule has 0 heterocycles. The molecule has 0 saturated carbocycles. The maximum absolute atomic E-state index is 3.14. The molecular weight excluding hydrogens is 198 g/mol. The van der Waals surface area contributed by atoms with Crippen molar-refractivity contribution in [1.29, 1.82) is 0 Å². The predicted octanol–water partition coefficient (Wildman–Crippen LogP) is 2.05. The summed E-state index contributed by atoms with van der Waals surface area (Å²) in [5, 5.41) is 0. The number of benzene rings is 1. The van der Waals surface area contributed by atoms with Crippen LogP contribution < -0.4 is 0 Å². The van der Waals surface area contributed by atoms with Crippen molar-refractivity contribution in [2.75, 3.05) is 13.1 Å². The normalized spacial score (nSPS) is 10.4. The Morgan fingerprint density at radius 1 is 1.15 bits per heavy atom. The van der Waals surface area contributed by atoms with Crippen LogP contribution in [0.1, 0.15) is 19.4 Å².